The van der Waals surface area contributed by atoms with E-state index in [1.807, 2.05) is 6.07 Å². The minimum Gasteiger partial charge on any atom is -0.496 e. The molecule has 2 aromatic carbocycles. The first kappa shape index (κ1) is 22.1. The molecule has 3 heterocycles. The largest absolute Gasteiger partial charge is 0.496 e. The van der Waals surface area contributed by atoms with Gasteiger partial charge in [-0.25, -0.2) is 17.8 Å². The number of aromatic nitrogens is 3. The summed E-state index contributed by atoms with van der Waals surface area (Å²) >= 11 is 0. The molecule has 0 saturated carbocycles. The summed E-state index contributed by atoms with van der Waals surface area (Å²) < 4.78 is 52.9. The molecule has 4 aromatic rings. The second-order valence-corrected chi connectivity index (χ2v) is 9.43. The topological polar surface area (TPSA) is 109 Å². The Morgan fingerprint density at radius 2 is 1.97 bits per heavy atom. The molecule has 0 amide bonds. The lowest BCUT2D eigenvalue weighted by atomic mass is 10.1. The number of nitrogens with one attached hydrogen (secondary N) is 2. The van der Waals surface area contributed by atoms with Crippen molar-refractivity contribution in [3.8, 4) is 16.9 Å². The Hall–Kier alpha value is -3.70. The average molecular weight is 484 g/mol. The van der Waals surface area contributed by atoms with Crippen molar-refractivity contribution in [1.82, 2.24) is 15.2 Å². The summed E-state index contributed by atoms with van der Waals surface area (Å²) in [7, 11) is -2.46. The number of hydrogen-bond donors (Lipinski definition) is 2. The van der Waals surface area contributed by atoms with E-state index >= 15 is 0 Å². The Labute approximate surface area is 195 Å². The van der Waals surface area contributed by atoms with Crippen molar-refractivity contribution >= 4 is 32.6 Å². The lowest BCUT2D eigenvalue weighted by molar-refractivity contribution is 0.122. The molecule has 5 rings (SSSR count). The highest BCUT2D eigenvalue weighted by Crippen LogP contribution is 2.35. The zero-order valence-electron chi connectivity index (χ0n) is 18.3. The lowest BCUT2D eigenvalue weighted by Crippen LogP contribution is -2.36. The highest BCUT2D eigenvalue weighted by atomic mass is 32.2. The first-order valence-corrected chi connectivity index (χ1v) is 12.1. The SMILES string of the molecule is COc1ccc(S(=O)(=O)Nc2cccc(F)c2)cc1-c1cnc2[nH]nc(N3CCOCC3)c2c1. The van der Waals surface area contributed by atoms with Gasteiger partial charge >= 0.3 is 0 Å². The minimum atomic E-state index is -3.98. The van der Waals surface area contributed by atoms with E-state index in [0.717, 1.165) is 17.3 Å². The number of benzene rings is 2. The third-order valence-electron chi connectivity index (χ3n) is 5.58. The van der Waals surface area contributed by atoms with E-state index in [4.69, 9.17) is 9.47 Å². The molecule has 1 saturated heterocycles. The number of morpholine rings is 1. The van der Waals surface area contributed by atoms with E-state index in [2.05, 4.69) is 24.8 Å². The van der Waals surface area contributed by atoms with Gasteiger partial charge in [0.2, 0.25) is 0 Å². The molecule has 1 fully saturated rings. The summed E-state index contributed by atoms with van der Waals surface area (Å²) in [6, 6.07) is 11.7. The summed E-state index contributed by atoms with van der Waals surface area (Å²) in [5, 5.41) is 8.18. The minimum absolute atomic E-state index is 0.00764. The number of H-pyrrole nitrogens is 1. The van der Waals surface area contributed by atoms with Crippen molar-refractivity contribution in [1.29, 1.82) is 0 Å². The predicted molar refractivity (Wildman–Crippen MR) is 126 cm³/mol. The van der Waals surface area contributed by atoms with Crippen molar-refractivity contribution in [3.05, 3.63) is 60.5 Å². The number of pyridine rings is 1. The molecule has 0 radical (unpaired) electrons. The second-order valence-electron chi connectivity index (χ2n) is 7.74. The number of nitrogens with zero attached hydrogens (tertiary/aromatic N) is 3. The molecule has 11 heteroatoms. The van der Waals surface area contributed by atoms with Crippen LogP contribution in [0.5, 0.6) is 5.75 Å². The van der Waals surface area contributed by atoms with Crippen molar-refractivity contribution in [2.75, 3.05) is 43.0 Å². The van der Waals surface area contributed by atoms with Crippen LogP contribution in [0.3, 0.4) is 0 Å². The summed E-state index contributed by atoms with van der Waals surface area (Å²) in [5.74, 6) is 0.719. The highest BCUT2D eigenvalue weighted by Gasteiger charge is 2.21. The monoisotopic (exact) mass is 483 g/mol. The maximum absolute atomic E-state index is 13.5. The van der Waals surface area contributed by atoms with E-state index in [1.54, 1.807) is 12.3 Å². The molecule has 176 valence electrons. The van der Waals surface area contributed by atoms with Crippen LogP contribution in [0.1, 0.15) is 0 Å². The lowest BCUT2D eigenvalue weighted by Gasteiger charge is -2.26. The normalized spacial score (nSPS) is 14.4. The summed E-state index contributed by atoms with van der Waals surface area (Å²) in [6.07, 6.45) is 1.64. The van der Waals surface area contributed by atoms with Gasteiger partial charge in [-0.2, -0.15) is 5.10 Å². The molecule has 0 unspecified atom stereocenters. The first-order valence-electron chi connectivity index (χ1n) is 10.6. The maximum Gasteiger partial charge on any atom is 0.261 e. The highest BCUT2D eigenvalue weighted by molar-refractivity contribution is 7.92. The molecule has 0 aliphatic carbocycles. The molecule has 34 heavy (non-hydrogen) atoms. The van der Waals surface area contributed by atoms with Crippen LogP contribution >= 0.6 is 0 Å². The predicted octanol–water partition coefficient (Wildman–Crippen LogP) is 3.41. The Morgan fingerprint density at radius 3 is 2.74 bits per heavy atom. The number of ether oxygens (including phenoxy) is 2. The fourth-order valence-corrected chi connectivity index (χ4v) is 4.98. The average Bonchev–Trinajstić information content (AvgIpc) is 3.27. The summed E-state index contributed by atoms with van der Waals surface area (Å²) in [5.41, 5.74) is 1.98. The number of aromatic amines is 1. The van der Waals surface area contributed by atoms with Gasteiger partial charge in [0.25, 0.3) is 10.0 Å². The Morgan fingerprint density at radius 1 is 1.15 bits per heavy atom. The summed E-state index contributed by atoms with van der Waals surface area (Å²) in [4.78, 5) is 6.61. The smallest absolute Gasteiger partial charge is 0.261 e. The number of sulfonamides is 1. The van der Waals surface area contributed by atoms with Gasteiger partial charge in [0.1, 0.15) is 11.6 Å². The maximum atomic E-state index is 13.5. The van der Waals surface area contributed by atoms with Crippen LogP contribution < -0.4 is 14.4 Å². The van der Waals surface area contributed by atoms with E-state index in [9.17, 15) is 12.8 Å². The number of anilines is 2. The molecule has 2 aromatic heterocycles. The van der Waals surface area contributed by atoms with Gasteiger partial charge in [-0.3, -0.25) is 9.82 Å². The van der Waals surface area contributed by atoms with E-state index in [0.29, 0.717) is 48.8 Å². The number of rotatable bonds is 6. The molecular weight excluding hydrogens is 461 g/mol. The molecule has 0 atom stereocenters. The summed E-state index contributed by atoms with van der Waals surface area (Å²) in [6.45, 7) is 2.67. The number of methoxy groups -OCH3 is 1. The number of halogens is 1. The second kappa shape index (κ2) is 8.92. The van der Waals surface area contributed by atoms with E-state index in [-0.39, 0.29) is 10.6 Å². The van der Waals surface area contributed by atoms with E-state index < -0.39 is 15.8 Å². The van der Waals surface area contributed by atoms with Crippen molar-refractivity contribution in [2.45, 2.75) is 4.90 Å². The molecule has 0 bridgehead atoms. The van der Waals surface area contributed by atoms with Gasteiger partial charge in [-0.15, -0.1) is 0 Å². The van der Waals surface area contributed by atoms with Gasteiger partial charge in [0, 0.05) is 30.4 Å². The van der Waals surface area contributed by atoms with Crippen LogP contribution in [0.2, 0.25) is 0 Å². The van der Waals surface area contributed by atoms with Gasteiger partial charge < -0.3 is 14.4 Å². The van der Waals surface area contributed by atoms with Crippen LogP contribution in [0.15, 0.2) is 59.6 Å². The molecule has 9 nitrogen and oxygen atoms in total. The number of hydrogen-bond acceptors (Lipinski definition) is 7. The van der Waals surface area contributed by atoms with Crippen LogP contribution in [0.25, 0.3) is 22.2 Å². The number of fused-ring (bicyclic) bond motifs is 1. The fraction of sp³-hybridized carbons (Fsp3) is 0.217. The van der Waals surface area contributed by atoms with Crippen LogP contribution in [0, 0.1) is 5.82 Å². The molecule has 1 aliphatic rings. The van der Waals surface area contributed by atoms with Gasteiger partial charge in [-0.05, 0) is 42.5 Å². The van der Waals surface area contributed by atoms with Crippen molar-refractivity contribution < 1.29 is 22.3 Å². The first-order chi connectivity index (χ1) is 16.4. The van der Waals surface area contributed by atoms with Crippen LogP contribution in [-0.2, 0) is 14.8 Å². The molecular formula is C23H22FN5O4S. The van der Waals surface area contributed by atoms with Gasteiger partial charge in [0.15, 0.2) is 11.5 Å². The third-order valence-corrected chi connectivity index (χ3v) is 6.95. The van der Waals surface area contributed by atoms with Crippen LogP contribution in [0.4, 0.5) is 15.9 Å². The van der Waals surface area contributed by atoms with Crippen molar-refractivity contribution in [2.24, 2.45) is 0 Å². The van der Waals surface area contributed by atoms with Crippen LogP contribution in [-0.4, -0.2) is 57.0 Å². The van der Waals surface area contributed by atoms with E-state index in [1.165, 1.54) is 37.4 Å². The zero-order valence-corrected chi connectivity index (χ0v) is 19.1. The zero-order chi connectivity index (χ0) is 23.7. The standard InChI is InChI=1S/C23H22FN5O4S/c1-32-21-6-5-18(34(30,31)28-17-4-2-3-16(24)12-17)13-19(21)15-11-20-22(25-14-15)26-27-23(20)29-7-9-33-10-8-29/h2-6,11-14,28H,7-10H2,1H3,(H,25,26,27). The Kier molecular flexibility index (Phi) is 5.80. The van der Waals surface area contributed by atoms with Crippen molar-refractivity contribution in [3.63, 3.8) is 0 Å². The Balaban J connectivity index is 1.55. The fourth-order valence-electron chi connectivity index (χ4n) is 3.90. The van der Waals surface area contributed by atoms with Gasteiger partial charge in [0.05, 0.1) is 36.3 Å². The Bertz CT molecular complexity index is 1450. The molecule has 1 aliphatic heterocycles. The molecule has 2 N–H and O–H groups in total. The molecule has 0 spiro atoms. The third kappa shape index (κ3) is 4.27. The quantitative estimate of drug-likeness (QED) is 0.433. The van der Waals surface area contributed by atoms with Gasteiger partial charge in [-0.1, -0.05) is 6.07 Å².